The molecule has 0 amide bonds. The van der Waals surface area contributed by atoms with E-state index in [0.717, 1.165) is 0 Å². The number of hydrogen-bond acceptors (Lipinski definition) is 3. The van der Waals surface area contributed by atoms with E-state index in [4.69, 9.17) is 16.3 Å². The quantitative estimate of drug-likeness (QED) is 0.824. The van der Waals surface area contributed by atoms with Gasteiger partial charge in [0, 0.05) is 0 Å². The van der Waals surface area contributed by atoms with Gasteiger partial charge in [-0.05, 0) is 25.0 Å². The molecule has 0 radical (unpaired) electrons. The van der Waals surface area contributed by atoms with Gasteiger partial charge in [-0.25, -0.2) is 0 Å². The van der Waals surface area contributed by atoms with Crippen molar-refractivity contribution < 1.29 is 14.6 Å². The Balaban J connectivity index is 2.83. The molecule has 0 saturated carbocycles. The van der Waals surface area contributed by atoms with E-state index < -0.39 is 5.60 Å². The van der Waals surface area contributed by atoms with Crippen LogP contribution in [0.1, 0.15) is 31.1 Å². The van der Waals surface area contributed by atoms with Crippen LogP contribution in [0, 0.1) is 5.92 Å². The van der Waals surface area contributed by atoms with Gasteiger partial charge >= 0.3 is 0 Å². The lowest BCUT2D eigenvalue weighted by atomic mass is 9.94. The second kappa shape index (κ2) is 5.52. The summed E-state index contributed by atoms with van der Waals surface area (Å²) in [5.74, 6) is 0.454. The molecule has 0 aliphatic rings. The summed E-state index contributed by atoms with van der Waals surface area (Å²) in [7, 11) is 0. The molecule has 0 aliphatic heterocycles. The van der Waals surface area contributed by atoms with E-state index in [9.17, 15) is 9.90 Å². The summed E-state index contributed by atoms with van der Waals surface area (Å²) in [6, 6.07) is 4.99. The Labute approximate surface area is 106 Å². The molecule has 1 atom stereocenters. The van der Waals surface area contributed by atoms with Gasteiger partial charge in [0.2, 0.25) is 0 Å². The van der Waals surface area contributed by atoms with Crippen molar-refractivity contribution in [2.75, 3.05) is 6.61 Å². The van der Waals surface area contributed by atoms with Crippen molar-refractivity contribution >= 4 is 17.9 Å². The predicted molar refractivity (Wildman–Crippen MR) is 67.8 cm³/mol. The number of hydrogen-bond donors (Lipinski definition) is 1. The number of halogens is 1. The van der Waals surface area contributed by atoms with Crippen LogP contribution in [0.4, 0.5) is 0 Å². The number of aliphatic hydroxyl groups is 1. The molecule has 0 bridgehead atoms. The molecular formula is C13H17ClO3. The number of carbonyl (C=O) groups is 1. The fourth-order valence-corrected chi connectivity index (χ4v) is 1.36. The maximum absolute atomic E-state index is 10.9. The van der Waals surface area contributed by atoms with Gasteiger partial charge in [-0.15, -0.1) is 0 Å². The summed E-state index contributed by atoms with van der Waals surface area (Å²) >= 11 is 5.87. The summed E-state index contributed by atoms with van der Waals surface area (Å²) in [5.41, 5.74) is -0.628. The van der Waals surface area contributed by atoms with E-state index in [1.54, 1.807) is 25.1 Å². The third-order valence-electron chi connectivity index (χ3n) is 2.89. The molecule has 17 heavy (non-hydrogen) atoms. The third-order valence-corrected chi connectivity index (χ3v) is 3.22. The van der Waals surface area contributed by atoms with Crippen LogP contribution in [0.5, 0.6) is 5.75 Å². The Morgan fingerprint density at radius 1 is 1.53 bits per heavy atom. The Kier molecular flexibility index (Phi) is 4.54. The van der Waals surface area contributed by atoms with Crippen LogP contribution < -0.4 is 4.74 Å². The van der Waals surface area contributed by atoms with Gasteiger partial charge in [0.05, 0.1) is 16.2 Å². The number of benzene rings is 1. The first-order chi connectivity index (χ1) is 7.88. The molecule has 0 aliphatic carbocycles. The molecule has 1 unspecified atom stereocenters. The lowest BCUT2D eigenvalue weighted by molar-refractivity contribution is -0.0267. The van der Waals surface area contributed by atoms with E-state index in [2.05, 4.69) is 0 Å². The van der Waals surface area contributed by atoms with E-state index in [-0.39, 0.29) is 12.5 Å². The largest absolute Gasteiger partial charge is 0.490 e. The SMILES string of the molecule is CC(C)C(C)(O)COc1cccc(Cl)c1C=O. The van der Waals surface area contributed by atoms with Gasteiger partial charge < -0.3 is 9.84 Å². The summed E-state index contributed by atoms with van der Waals surface area (Å²) in [4.78, 5) is 10.9. The second-order valence-electron chi connectivity index (χ2n) is 4.57. The minimum Gasteiger partial charge on any atom is -0.490 e. The highest BCUT2D eigenvalue weighted by molar-refractivity contribution is 6.33. The summed E-state index contributed by atoms with van der Waals surface area (Å²) in [5, 5.41) is 10.4. The van der Waals surface area contributed by atoms with Gasteiger partial charge in [0.25, 0.3) is 0 Å². The zero-order valence-corrected chi connectivity index (χ0v) is 11.0. The standard InChI is InChI=1S/C13H17ClO3/c1-9(2)13(3,16)8-17-12-6-4-5-11(14)10(12)7-15/h4-7,9,16H,8H2,1-3H3. The smallest absolute Gasteiger partial charge is 0.155 e. The molecule has 1 aromatic carbocycles. The number of aldehydes is 1. The third kappa shape index (κ3) is 3.45. The molecule has 94 valence electrons. The van der Waals surface area contributed by atoms with Crippen LogP contribution >= 0.6 is 11.6 Å². The van der Waals surface area contributed by atoms with Crippen molar-refractivity contribution in [1.29, 1.82) is 0 Å². The van der Waals surface area contributed by atoms with Gasteiger partial charge in [-0.3, -0.25) is 4.79 Å². The first kappa shape index (κ1) is 14.0. The van der Waals surface area contributed by atoms with Crippen molar-refractivity contribution in [2.45, 2.75) is 26.4 Å². The van der Waals surface area contributed by atoms with Crippen molar-refractivity contribution in [3.8, 4) is 5.75 Å². The van der Waals surface area contributed by atoms with Gasteiger partial charge in [-0.1, -0.05) is 31.5 Å². The summed E-state index contributed by atoms with van der Waals surface area (Å²) < 4.78 is 5.47. The van der Waals surface area contributed by atoms with Crippen molar-refractivity contribution in [2.24, 2.45) is 5.92 Å². The van der Waals surface area contributed by atoms with Crippen LogP contribution in [0.25, 0.3) is 0 Å². The summed E-state index contributed by atoms with van der Waals surface area (Å²) in [6.45, 7) is 5.62. The Morgan fingerprint density at radius 2 is 2.18 bits per heavy atom. The Bertz CT molecular complexity index is 400. The highest BCUT2D eigenvalue weighted by atomic mass is 35.5. The van der Waals surface area contributed by atoms with E-state index >= 15 is 0 Å². The zero-order chi connectivity index (χ0) is 13.1. The van der Waals surface area contributed by atoms with E-state index in [1.165, 1.54) is 0 Å². The highest BCUT2D eigenvalue weighted by Crippen LogP contribution is 2.26. The fraction of sp³-hybridized carbons (Fsp3) is 0.462. The normalized spacial score (nSPS) is 14.5. The van der Waals surface area contributed by atoms with Crippen LogP contribution in [0.3, 0.4) is 0 Å². The van der Waals surface area contributed by atoms with Crippen molar-refractivity contribution in [3.63, 3.8) is 0 Å². The van der Waals surface area contributed by atoms with Crippen LogP contribution in [0.2, 0.25) is 5.02 Å². The van der Waals surface area contributed by atoms with Crippen LogP contribution in [-0.2, 0) is 0 Å². The van der Waals surface area contributed by atoms with Gasteiger partial charge in [0.1, 0.15) is 12.4 Å². The molecule has 1 aromatic rings. The minimum absolute atomic E-state index is 0.0568. The van der Waals surface area contributed by atoms with E-state index in [1.807, 2.05) is 13.8 Å². The topological polar surface area (TPSA) is 46.5 Å². The summed E-state index contributed by atoms with van der Waals surface area (Å²) in [6.07, 6.45) is 0.655. The van der Waals surface area contributed by atoms with Gasteiger partial charge in [0.15, 0.2) is 6.29 Å². The Morgan fingerprint density at radius 3 is 2.71 bits per heavy atom. The molecular weight excluding hydrogens is 240 g/mol. The number of ether oxygens (including phenoxy) is 1. The van der Waals surface area contributed by atoms with E-state index in [0.29, 0.717) is 22.6 Å². The van der Waals surface area contributed by atoms with Crippen molar-refractivity contribution in [1.82, 2.24) is 0 Å². The molecule has 3 nitrogen and oxygen atoms in total. The second-order valence-corrected chi connectivity index (χ2v) is 4.98. The lowest BCUT2D eigenvalue weighted by Crippen LogP contribution is -2.37. The minimum atomic E-state index is -0.942. The average molecular weight is 257 g/mol. The molecule has 4 heteroatoms. The molecule has 0 heterocycles. The molecule has 0 saturated heterocycles. The molecule has 0 aromatic heterocycles. The first-order valence-corrected chi connectivity index (χ1v) is 5.85. The van der Waals surface area contributed by atoms with Crippen LogP contribution in [0.15, 0.2) is 18.2 Å². The monoisotopic (exact) mass is 256 g/mol. The van der Waals surface area contributed by atoms with Crippen molar-refractivity contribution in [3.05, 3.63) is 28.8 Å². The average Bonchev–Trinajstić information content (AvgIpc) is 2.26. The maximum atomic E-state index is 10.9. The fourth-order valence-electron chi connectivity index (χ4n) is 1.15. The maximum Gasteiger partial charge on any atom is 0.155 e. The number of carbonyl (C=O) groups excluding carboxylic acids is 1. The van der Waals surface area contributed by atoms with Crippen LogP contribution in [-0.4, -0.2) is 23.6 Å². The molecule has 1 N–H and O–H groups in total. The predicted octanol–water partition coefficient (Wildman–Crippen LogP) is 2.94. The highest BCUT2D eigenvalue weighted by Gasteiger charge is 2.26. The molecule has 1 rings (SSSR count). The zero-order valence-electron chi connectivity index (χ0n) is 10.2. The Hall–Kier alpha value is -1.06. The lowest BCUT2D eigenvalue weighted by Gasteiger charge is -2.27. The first-order valence-electron chi connectivity index (χ1n) is 5.47. The number of rotatable bonds is 5. The van der Waals surface area contributed by atoms with Gasteiger partial charge in [-0.2, -0.15) is 0 Å². The molecule has 0 fully saturated rings. The molecule has 0 spiro atoms.